The Kier molecular flexibility index (Phi) is 5.76. The van der Waals surface area contributed by atoms with Crippen LogP contribution in [0.4, 0.5) is 4.79 Å². The van der Waals surface area contributed by atoms with Gasteiger partial charge in [0.25, 0.3) is 0 Å². The molecule has 1 aromatic carbocycles. The van der Waals surface area contributed by atoms with E-state index in [4.69, 9.17) is 4.74 Å². The van der Waals surface area contributed by atoms with Crippen molar-refractivity contribution in [1.82, 2.24) is 24.8 Å². The van der Waals surface area contributed by atoms with Crippen LogP contribution in [0.5, 0.6) is 0 Å². The van der Waals surface area contributed by atoms with E-state index in [1.54, 1.807) is 27.1 Å². The van der Waals surface area contributed by atoms with Gasteiger partial charge in [-0.05, 0) is 26.3 Å². The molecule has 2 aromatic heterocycles. The van der Waals surface area contributed by atoms with Gasteiger partial charge in [0, 0.05) is 6.42 Å². The molecule has 1 amide bonds. The highest BCUT2D eigenvalue weighted by Crippen LogP contribution is 2.16. The summed E-state index contributed by atoms with van der Waals surface area (Å²) in [7, 11) is 0. The molecule has 0 radical (unpaired) electrons. The number of hydrogen-bond acceptors (Lipinski definition) is 6. The zero-order valence-corrected chi connectivity index (χ0v) is 16.5. The van der Waals surface area contributed by atoms with Crippen LogP contribution in [0.1, 0.15) is 32.0 Å². The maximum absolute atomic E-state index is 12.0. The smallest absolute Gasteiger partial charge is 0.408 e. The van der Waals surface area contributed by atoms with Crippen molar-refractivity contribution in [3.8, 4) is 0 Å². The van der Waals surface area contributed by atoms with E-state index in [9.17, 15) is 14.7 Å². The largest absolute Gasteiger partial charge is 0.480 e. The van der Waals surface area contributed by atoms with Crippen LogP contribution in [0.2, 0.25) is 0 Å². The van der Waals surface area contributed by atoms with Crippen LogP contribution in [0.15, 0.2) is 43.0 Å². The Morgan fingerprint density at radius 2 is 1.90 bits per heavy atom. The Hall–Kier alpha value is -3.49. The van der Waals surface area contributed by atoms with Gasteiger partial charge in [-0.15, -0.1) is 0 Å². The second-order valence-corrected chi connectivity index (χ2v) is 7.59. The van der Waals surface area contributed by atoms with E-state index in [1.165, 1.54) is 6.33 Å². The number of fused-ring (bicyclic) bond motifs is 1. The van der Waals surface area contributed by atoms with Crippen LogP contribution in [0.3, 0.4) is 0 Å². The first kappa shape index (κ1) is 20.2. The van der Waals surface area contributed by atoms with E-state index in [-0.39, 0.29) is 6.42 Å². The first-order valence-corrected chi connectivity index (χ1v) is 9.14. The summed E-state index contributed by atoms with van der Waals surface area (Å²) < 4.78 is 7.02. The number of carbonyl (C=O) groups excluding carboxylic acids is 1. The molecule has 2 heterocycles. The predicted molar refractivity (Wildman–Crippen MR) is 105 cm³/mol. The summed E-state index contributed by atoms with van der Waals surface area (Å²) >= 11 is 0. The molecule has 0 aliphatic rings. The number of nitrogens with zero attached hydrogens (tertiary/aromatic N) is 4. The van der Waals surface area contributed by atoms with Crippen LogP contribution in [-0.4, -0.2) is 48.3 Å². The molecule has 0 saturated carbocycles. The van der Waals surface area contributed by atoms with Gasteiger partial charge in [0.2, 0.25) is 0 Å². The number of carboxylic acids is 1. The lowest BCUT2D eigenvalue weighted by Crippen LogP contribution is -2.44. The fourth-order valence-corrected chi connectivity index (χ4v) is 2.82. The number of amides is 1. The third kappa shape index (κ3) is 5.28. The summed E-state index contributed by atoms with van der Waals surface area (Å²) in [6, 6.07) is 8.64. The van der Waals surface area contributed by atoms with Crippen LogP contribution in [-0.2, 0) is 22.5 Å². The van der Waals surface area contributed by atoms with Gasteiger partial charge in [0.05, 0.1) is 18.6 Å². The summed E-state index contributed by atoms with van der Waals surface area (Å²) in [5.74, 6) is -1.19. The molecule has 0 unspecified atom stereocenters. The lowest BCUT2D eigenvalue weighted by atomic mass is 10.1. The monoisotopic (exact) mass is 397 g/mol. The minimum Gasteiger partial charge on any atom is -0.480 e. The Labute approximate surface area is 167 Å². The van der Waals surface area contributed by atoms with Crippen molar-refractivity contribution in [2.24, 2.45) is 0 Å². The average Bonchev–Trinajstić information content (AvgIpc) is 3.04. The molecule has 0 saturated heterocycles. The van der Waals surface area contributed by atoms with E-state index in [1.807, 2.05) is 34.9 Å². The summed E-state index contributed by atoms with van der Waals surface area (Å²) in [5.41, 5.74) is 1.89. The fraction of sp³-hybridized carbons (Fsp3) is 0.350. The second kappa shape index (κ2) is 8.26. The van der Waals surface area contributed by atoms with E-state index in [2.05, 4.69) is 20.3 Å². The number of imidazole rings is 1. The number of nitrogens with one attached hydrogen (secondary N) is 1. The third-order valence-electron chi connectivity index (χ3n) is 4.06. The number of hydrogen-bond donors (Lipinski definition) is 2. The van der Waals surface area contributed by atoms with E-state index >= 15 is 0 Å². The van der Waals surface area contributed by atoms with Gasteiger partial charge in [-0.1, -0.05) is 30.3 Å². The van der Waals surface area contributed by atoms with Crippen molar-refractivity contribution in [2.45, 2.75) is 45.4 Å². The molecule has 9 heteroatoms. The normalized spacial score (nSPS) is 12.5. The van der Waals surface area contributed by atoms with Crippen LogP contribution in [0.25, 0.3) is 11.2 Å². The molecule has 0 bridgehead atoms. The Balaban J connectivity index is 1.81. The van der Waals surface area contributed by atoms with Crippen molar-refractivity contribution in [3.05, 3.63) is 54.2 Å². The number of benzene rings is 1. The van der Waals surface area contributed by atoms with Crippen molar-refractivity contribution in [2.75, 3.05) is 0 Å². The highest BCUT2D eigenvalue weighted by atomic mass is 16.6. The highest BCUT2D eigenvalue weighted by molar-refractivity contribution is 5.81. The fourth-order valence-electron chi connectivity index (χ4n) is 2.82. The summed E-state index contributed by atoms with van der Waals surface area (Å²) in [6.45, 7) is 5.69. The molecule has 0 fully saturated rings. The Bertz CT molecular complexity index is 1010. The van der Waals surface area contributed by atoms with Crippen molar-refractivity contribution in [3.63, 3.8) is 0 Å². The molecule has 3 rings (SSSR count). The maximum atomic E-state index is 12.0. The van der Waals surface area contributed by atoms with Crippen LogP contribution < -0.4 is 5.32 Å². The molecule has 9 nitrogen and oxygen atoms in total. The average molecular weight is 397 g/mol. The second-order valence-electron chi connectivity index (χ2n) is 7.59. The van der Waals surface area contributed by atoms with Crippen LogP contribution >= 0.6 is 0 Å². The molecular formula is C20H23N5O4. The first-order valence-electron chi connectivity index (χ1n) is 9.14. The molecule has 3 aromatic rings. The van der Waals surface area contributed by atoms with E-state index in [0.29, 0.717) is 23.4 Å². The summed E-state index contributed by atoms with van der Waals surface area (Å²) in [5, 5.41) is 11.9. The number of ether oxygens (including phenoxy) is 1. The number of rotatable bonds is 6. The lowest BCUT2D eigenvalue weighted by molar-refractivity contribution is -0.139. The van der Waals surface area contributed by atoms with Gasteiger partial charge in [-0.2, -0.15) is 0 Å². The first-order chi connectivity index (χ1) is 13.7. The van der Waals surface area contributed by atoms with E-state index in [0.717, 1.165) is 5.56 Å². The van der Waals surface area contributed by atoms with Gasteiger partial charge in [0.15, 0.2) is 5.65 Å². The molecule has 1 atom stereocenters. The summed E-state index contributed by atoms with van der Waals surface area (Å²) in [4.78, 5) is 36.5. The quantitative estimate of drug-likeness (QED) is 0.655. The predicted octanol–water partition coefficient (Wildman–Crippen LogP) is 2.40. The molecule has 152 valence electrons. The van der Waals surface area contributed by atoms with Crippen LogP contribution in [0, 0.1) is 0 Å². The van der Waals surface area contributed by atoms with Gasteiger partial charge >= 0.3 is 12.1 Å². The summed E-state index contributed by atoms with van der Waals surface area (Å²) in [6.07, 6.45) is 2.17. The van der Waals surface area contributed by atoms with E-state index < -0.39 is 23.7 Å². The van der Waals surface area contributed by atoms with Crippen molar-refractivity contribution in [1.29, 1.82) is 0 Å². The molecule has 0 aliphatic heterocycles. The number of aromatic nitrogens is 4. The Morgan fingerprint density at radius 1 is 1.17 bits per heavy atom. The molecule has 29 heavy (non-hydrogen) atoms. The third-order valence-corrected chi connectivity index (χ3v) is 4.06. The number of carbonyl (C=O) groups is 2. The minimum absolute atomic E-state index is 0.0457. The van der Waals surface area contributed by atoms with Crippen molar-refractivity contribution >= 4 is 23.2 Å². The number of aliphatic carboxylic acids is 1. The minimum atomic E-state index is -1.21. The topological polar surface area (TPSA) is 119 Å². The molecule has 0 spiro atoms. The van der Waals surface area contributed by atoms with Gasteiger partial charge in [0.1, 0.15) is 23.5 Å². The van der Waals surface area contributed by atoms with Gasteiger partial charge < -0.3 is 19.7 Å². The maximum Gasteiger partial charge on any atom is 0.408 e. The number of carboxylic acid groups (broad SMARTS) is 1. The van der Waals surface area contributed by atoms with Crippen molar-refractivity contribution < 1.29 is 19.4 Å². The SMILES string of the molecule is CC(C)(C)OC(=O)N[C@H](Cc1ncnc2c1ncn2Cc1ccccc1)C(=O)O. The molecule has 0 aliphatic carbocycles. The zero-order chi connectivity index (χ0) is 21.0. The highest BCUT2D eigenvalue weighted by Gasteiger charge is 2.26. The van der Waals surface area contributed by atoms with Gasteiger partial charge in [-0.25, -0.2) is 24.5 Å². The van der Waals surface area contributed by atoms with Gasteiger partial charge in [-0.3, -0.25) is 0 Å². The number of alkyl carbamates (subject to hydrolysis) is 1. The molecular weight excluding hydrogens is 374 g/mol. The lowest BCUT2D eigenvalue weighted by Gasteiger charge is -2.21. The Morgan fingerprint density at radius 3 is 2.55 bits per heavy atom. The zero-order valence-electron chi connectivity index (χ0n) is 16.5. The molecule has 2 N–H and O–H groups in total. The standard InChI is InChI=1S/C20H23N5O4/c1-20(2,3)29-19(28)24-15(18(26)27)9-14-16-17(22-11-21-14)25(12-23-16)10-13-7-5-4-6-8-13/h4-8,11-12,15H,9-10H2,1-3H3,(H,24,28)(H,26,27)/t15-/m1/s1.